The molecule has 0 bridgehead atoms. The van der Waals surface area contributed by atoms with Crippen LogP contribution in [-0.2, 0) is 9.47 Å². The summed E-state index contributed by atoms with van der Waals surface area (Å²) in [5, 5.41) is 13.0. The van der Waals surface area contributed by atoms with E-state index in [0.717, 1.165) is 75.9 Å². The first-order valence-electron chi connectivity index (χ1n) is 12.8. The second kappa shape index (κ2) is 10.7. The predicted molar refractivity (Wildman–Crippen MR) is 141 cm³/mol. The minimum absolute atomic E-state index is 0.459. The fourth-order valence-corrected chi connectivity index (χ4v) is 4.99. The van der Waals surface area contributed by atoms with Crippen molar-refractivity contribution in [3.8, 4) is 17.5 Å². The molecule has 10 nitrogen and oxygen atoms in total. The summed E-state index contributed by atoms with van der Waals surface area (Å²) in [5.41, 5.74) is 4.35. The molecule has 0 atom stereocenters. The average Bonchev–Trinajstić information content (AvgIpc) is 2.93. The molecule has 6 rings (SSSR count). The van der Waals surface area contributed by atoms with Gasteiger partial charge in [0.2, 0.25) is 5.95 Å². The highest BCUT2D eigenvalue weighted by molar-refractivity contribution is 5.69. The maximum atomic E-state index is 9.74. The maximum absolute atomic E-state index is 9.74. The molecule has 0 saturated carbocycles. The van der Waals surface area contributed by atoms with Gasteiger partial charge in [0.15, 0.2) is 5.82 Å². The zero-order valence-electron chi connectivity index (χ0n) is 20.7. The zero-order valence-corrected chi connectivity index (χ0v) is 20.7. The Morgan fingerprint density at radius 3 is 2.46 bits per heavy atom. The summed E-state index contributed by atoms with van der Waals surface area (Å²) in [5.74, 6) is 0.975. The van der Waals surface area contributed by atoms with Crippen molar-refractivity contribution in [3.05, 3.63) is 54.4 Å². The summed E-state index contributed by atoms with van der Waals surface area (Å²) in [6, 6.07) is 17.0. The first-order chi connectivity index (χ1) is 18.3. The Hall–Kier alpha value is -3.78. The Kier molecular flexibility index (Phi) is 6.82. The Morgan fingerprint density at radius 1 is 0.919 bits per heavy atom. The average molecular weight is 499 g/mol. The monoisotopic (exact) mass is 498 g/mol. The van der Waals surface area contributed by atoms with Gasteiger partial charge >= 0.3 is 0 Å². The van der Waals surface area contributed by atoms with Crippen LogP contribution in [-0.4, -0.2) is 85.2 Å². The van der Waals surface area contributed by atoms with E-state index in [1.807, 2.05) is 30.3 Å². The van der Waals surface area contributed by atoms with E-state index < -0.39 is 0 Å². The van der Waals surface area contributed by atoms with Crippen LogP contribution >= 0.6 is 0 Å². The first-order valence-corrected chi connectivity index (χ1v) is 12.8. The van der Waals surface area contributed by atoms with Crippen molar-refractivity contribution in [1.82, 2.24) is 19.9 Å². The van der Waals surface area contributed by atoms with Crippen molar-refractivity contribution in [1.29, 1.82) is 5.26 Å². The summed E-state index contributed by atoms with van der Waals surface area (Å²) >= 11 is 0. The molecular formula is C27H30N8O2. The van der Waals surface area contributed by atoms with Crippen LogP contribution in [0, 0.1) is 11.3 Å². The molecule has 1 aromatic heterocycles. The van der Waals surface area contributed by atoms with Crippen LogP contribution < -0.4 is 15.1 Å². The fraction of sp³-hybridized carbons (Fsp3) is 0.407. The number of nitrogens with zero attached hydrogens (tertiary/aromatic N) is 7. The smallest absolute Gasteiger partial charge is 0.230 e. The van der Waals surface area contributed by atoms with E-state index in [0.29, 0.717) is 30.1 Å². The third kappa shape index (κ3) is 5.20. The number of aromatic nitrogens is 3. The minimum Gasteiger partial charge on any atom is -0.378 e. The highest BCUT2D eigenvalue weighted by Gasteiger charge is 2.28. The van der Waals surface area contributed by atoms with Crippen LogP contribution in [0.5, 0.6) is 0 Å². The molecule has 0 unspecified atom stereocenters. The van der Waals surface area contributed by atoms with Crippen molar-refractivity contribution in [3.63, 3.8) is 0 Å². The fourth-order valence-electron chi connectivity index (χ4n) is 4.99. The van der Waals surface area contributed by atoms with Crippen LogP contribution in [0.3, 0.4) is 0 Å². The van der Waals surface area contributed by atoms with Gasteiger partial charge < -0.3 is 24.6 Å². The molecule has 190 valence electrons. The normalized spacial score (nSPS) is 18.8. The summed E-state index contributed by atoms with van der Waals surface area (Å²) in [6.45, 7) is 8.06. The molecule has 10 heteroatoms. The molecule has 4 heterocycles. The predicted octanol–water partition coefficient (Wildman–Crippen LogP) is 2.86. The van der Waals surface area contributed by atoms with E-state index in [-0.39, 0.29) is 0 Å². The van der Waals surface area contributed by atoms with E-state index in [1.165, 1.54) is 12.0 Å². The summed E-state index contributed by atoms with van der Waals surface area (Å²) in [4.78, 5) is 20.3. The van der Waals surface area contributed by atoms with Crippen molar-refractivity contribution in [2.75, 3.05) is 74.4 Å². The molecule has 3 aromatic rings. The van der Waals surface area contributed by atoms with E-state index in [2.05, 4.69) is 53.2 Å². The number of anilines is 4. The SMILES string of the molecule is N#Cc1cc(-c2ncnc(Nc3ccc(N4CCN(C5COC5)CC4)cc3)n2)ccc1N1CCCOC1. The molecule has 1 N–H and O–H groups in total. The number of nitriles is 1. The summed E-state index contributed by atoms with van der Waals surface area (Å²) in [7, 11) is 0. The van der Waals surface area contributed by atoms with Gasteiger partial charge in [-0.15, -0.1) is 0 Å². The first kappa shape index (κ1) is 23.6. The Labute approximate surface area is 216 Å². The third-order valence-electron chi connectivity index (χ3n) is 7.19. The van der Waals surface area contributed by atoms with E-state index in [4.69, 9.17) is 9.47 Å². The van der Waals surface area contributed by atoms with Gasteiger partial charge in [0.1, 0.15) is 19.1 Å². The van der Waals surface area contributed by atoms with Gasteiger partial charge in [-0.05, 0) is 48.9 Å². The molecule has 0 spiro atoms. The molecule has 2 aromatic carbocycles. The Bertz CT molecular complexity index is 1260. The topological polar surface area (TPSA) is 103 Å². The third-order valence-corrected chi connectivity index (χ3v) is 7.19. The summed E-state index contributed by atoms with van der Waals surface area (Å²) in [6.07, 6.45) is 2.44. The van der Waals surface area contributed by atoms with Crippen molar-refractivity contribution < 1.29 is 9.47 Å². The van der Waals surface area contributed by atoms with Gasteiger partial charge in [0.05, 0.1) is 37.1 Å². The number of nitrogens with one attached hydrogen (secondary N) is 1. The second-order valence-corrected chi connectivity index (χ2v) is 9.52. The molecule has 37 heavy (non-hydrogen) atoms. The number of hydrogen-bond acceptors (Lipinski definition) is 10. The van der Waals surface area contributed by atoms with Crippen molar-refractivity contribution >= 4 is 23.0 Å². The highest BCUT2D eigenvalue weighted by atomic mass is 16.5. The van der Waals surface area contributed by atoms with Gasteiger partial charge in [-0.3, -0.25) is 4.90 Å². The Balaban J connectivity index is 1.12. The number of hydrogen-bond donors (Lipinski definition) is 1. The minimum atomic E-state index is 0.459. The lowest BCUT2D eigenvalue weighted by atomic mass is 10.1. The summed E-state index contributed by atoms with van der Waals surface area (Å²) < 4.78 is 10.9. The van der Waals surface area contributed by atoms with Crippen LogP contribution in [0.1, 0.15) is 12.0 Å². The molecule has 3 fully saturated rings. The largest absolute Gasteiger partial charge is 0.378 e. The number of ether oxygens (including phenoxy) is 2. The lowest BCUT2D eigenvalue weighted by Gasteiger charge is -2.43. The lowest BCUT2D eigenvalue weighted by molar-refractivity contribution is -0.0660. The number of piperazine rings is 1. The Morgan fingerprint density at radius 2 is 1.76 bits per heavy atom. The van der Waals surface area contributed by atoms with E-state index in [9.17, 15) is 5.26 Å². The van der Waals surface area contributed by atoms with E-state index >= 15 is 0 Å². The second-order valence-electron chi connectivity index (χ2n) is 9.52. The maximum Gasteiger partial charge on any atom is 0.230 e. The molecular weight excluding hydrogens is 468 g/mol. The molecule has 3 aliphatic heterocycles. The van der Waals surface area contributed by atoms with Gasteiger partial charge in [-0.2, -0.15) is 10.2 Å². The van der Waals surface area contributed by atoms with Crippen LogP contribution in [0.2, 0.25) is 0 Å². The van der Waals surface area contributed by atoms with Crippen molar-refractivity contribution in [2.24, 2.45) is 0 Å². The molecule has 3 aliphatic rings. The van der Waals surface area contributed by atoms with Gasteiger partial charge in [0.25, 0.3) is 0 Å². The van der Waals surface area contributed by atoms with Gasteiger partial charge in [0, 0.05) is 49.7 Å². The number of benzene rings is 2. The lowest BCUT2D eigenvalue weighted by Crippen LogP contribution is -2.56. The molecule has 0 radical (unpaired) electrons. The van der Waals surface area contributed by atoms with Crippen LogP contribution in [0.15, 0.2) is 48.8 Å². The van der Waals surface area contributed by atoms with Crippen LogP contribution in [0.4, 0.5) is 23.0 Å². The van der Waals surface area contributed by atoms with Crippen molar-refractivity contribution in [2.45, 2.75) is 12.5 Å². The van der Waals surface area contributed by atoms with Gasteiger partial charge in [-0.25, -0.2) is 9.97 Å². The molecule has 0 aliphatic carbocycles. The van der Waals surface area contributed by atoms with Crippen LogP contribution in [0.25, 0.3) is 11.4 Å². The molecule has 0 amide bonds. The molecule has 3 saturated heterocycles. The quantitative estimate of drug-likeness (QED) is 0.546. The number of rotatable bonds is 6. The highest BCUT2D eigenvalue weighted by Crippen LogP contribution is 2.28. The van der Waals surface area contributed by atoms with Gasteiger partial charge in [-0.1, -0.05) is 0 Å². The van der Waals surface area contributed by atoms with E-state index in [1.54, 1.807) is 0 Å². The standard InChI is InChI=1S/C27H30N8O2/c28-15-21-14-20(2-7-25(21)35-8-1-13-36-19-35)26-29-18-30-27(32-26)31-22-3-5-23(6-4-22)33-9-11-34(12-10-33)24-16-37-17-24/h2-7,14,18,24H,1,8-13,16-17,19H2,(H,29,30,31,32). The zero-order chi connectivity index (χ0) is 25.0.